The SMILES string of the molecule is C=CC(C)Cc1c(C)ccn1S(=O)(=O)c1ccc(C)cc1. The third kappa shape index (κ3) is 3.10. The van der Waals surface area contributed by atoms with Crippen LogP contribution in [-0.2, 0) is 16.4 Å². The van der Waals surface area contributed by atoms with Crippen LogP contribution in [0, 0.1) is 19.8 Å². The van der Waals surface area contributed by atoms with Gasteiger partial charge in [0.15, 0.2) is 0 Å². The molecule has 0 radical (unpaired) electrons. The number of nitrogens with zero attached hydrogens (tertiary/aromatic N) is 1. The van der Waals surface area contributed by atoms with E-state index in [0.29, 0.717) is 11.3 Å². The van der Waals surface area contributed by atoms with E-state index in [-0.39, 0.29) is 5.92 Å². The van der Waals surface area contributed by atoms with Gasteiger partial charge in [0.2, 0.25) is 0 Å². The van der Waals surface area contributed by atoms with Crippen molar-refractivity contribution in [3.8, 4) is 0 Å². The lowest BCUT2D eigenvalue weighted by Crippen LogP contribution is -2.16. The summed E-state index contributed by atoms with van der Waals surface area (Å²) in [5.74, 6) is 0.227. The zero-order valence-electron chi connectivity index (χ0n) is 12.7. The second kappa shape index (κ2) is 5.90. The van der Waals surface area contributed by atoms with Crippen LogP contribution in [0.15, 0.2) is 54.1 Å². The molecule has 2 rings (SSSR count). The molecule has 0 aliphatic rings. The fraction of sp³-hybridized carbons (Fsp3) is 0.294. The Morgan fingerprint density at radius 1 is 1.19 bits per heavy atom. The molecule has 112 valence electrons. The van der Waals surface area contributed by atoms with E-state index >= 15 is 0 Å². The molecule has 0 saturated carbocycles. The van der Waals surface area contributed by atoms with Gasteiger partial charge in [0.05, 0.1) is 4.90 Å². The fourth-order valence-corrected chi connectivity index (χ4v) is 3.66. The first-order chi connectivity index (χ1) is 9.86. The molecular weight excluding hydrogens is 282 g/mol. The minimum atomic E-state index is -3.54. The van der Waals surface area contributed by atoms with Crippen molar-refractivity contribution in [2.24, 2.45) is 5.92 Å². The number of aryl methyl sites for hydroxylation is 2. The average Bonchev–Trinajstić information content (AvgIpc) is 2.81. The van der Waals surface area contributed by atoms with Crippen molar-refractivity contribution >= 4 is 10.0 Å². The monoisotopic (exact) mass is 303 g/mol. The highest BCUT2D eigenvalue weighted by Gasteiger charge is 2.21. The maximum Gasteiger partial charge on any atom is 0.267 e. The average molecular weight is 303 g/mol. The molecule has 21 heavy (non-hydrogen) atoms. The second-order valence-corrected chi connectivity index (χ2v) is 7.29. The highest BCUT2D eigenvalue weighted by atomic mass is 32.2. The molecule has 4 heteroatoms. The van der Waals surface area contributed by atoms with Crippen LogP contribution in [0.2, 0.25) is 0 Å². The van der Waals surface area contributed by atoms with Gasteiger partial charge in [-0.05, 0) is 49.9 Å². The molecule has 0 bridgehead atoms. The number of hydrogen-bond acceptors (Lipinski definition) is 2. The largest absolute Gasteiger partial charge is 0.267 e. The summed E-state index contributed by atoms with van der Waals surface area (Å²) in [4.78, 5) is 0.316. The Morgan fingerprint density at radius 2 is 1.81 bits per heavy atom. The van der Waals surface area contributed by atoms with E-state index in [1.807, 2.05) is 45.0 Å². The van der Waals surface area contributed by atoms with Crippen molar-refractivity contribution in [2.75, 3.05) is 0 Å². The molecule has 0 spiro atoms. The zero-order valence-corrected chi connectivity index (χ0v) is 13.5. The Balaban J connectivity index is 2.50. The van der Waals surface area contributed by atoms with Crippen molar-refractivity contribution in [1.82, 2.24) is 3.97 Å². The maximum atomic E-state index is 12.8. The smallest absolute Gasteiger partial charge is 0.246 e. The lowest BCUT2D eigenvalue weighted by atomic mass is 10.0. The van der Waals surface area contributed by atoms with Gasteiger partial charge in [-0.2, -0.15) is 0 Å². The molecule has 0 amide bonds. The van der Waals surface area contributed by atoms with Crippen molar-refractivity contribution < 1.29 is 8.42 Å². The van der Waals surface area contributed by atoms with Crippen molar-refractivity contribution in [3.05, 3.63) is 66.0 Å². The number of allylic oxidation sites excluding steroid dienone is 1. The van der Waals surface area contributed by atoms with Crippen LogP contribution in [0.25, 0.3) is 0 Å². The molecule has 0 aliphatic carbocycles. The van der Waals surface area contributed by atoms with Gasteiger partial charge in [-0.25, -0.2) is 12.4 Å². The highest BCUT2D eigenvalue weighted by molar-refractivity contribution is 7.90. The van der Waals surface area contributed by atoms with Gasteiger partial charge in [0.1, 0.15) is 0 Å². The summed E-state index contributed by atoms with van der Waals surface area (Å²) in [5, 5.41) is 0. The summed E-state index contributed by atoms with van der Waals surface area (Å²) >= 11 is 0. The van der Waals surface area contributed by atoms with Crippen molar-refractivity contribution in [1.29, 1.82) is 0 Å². The number of rotatable bonds is 5. The summed E-state index contributed by atoms with van der Waals surface area (Å²) in [6.45, 7) is 9.68. The molecule has 0 fully saturated rings. The van der Waals surface area contributed by atoms with E-state index in [4.69, 9.17) is 0 Å². The molecule has 1 unspecified atom stereocenters. The predicted molar refractivity (Wildman–Crippen MR) is 86.0 cm³/mol. The van der Waals surface area contributed by atoms with E-state index in [9.17, 15) is 8.42 Å². The van der Waals surface area contributed by atoms with Crippen LogP contribution in [0.4, 0.5) is 0 Å². The standard InChI is InChI=1S/C17H21NO2S/c1-5-13(2)12-17-15(4)10-11-18(17)21(19,20)16-8-6-14(3)7-9-16/h5-11,13H,1,12H2,2-4H3. The minimum Gasteiger partial charge on any atom is -0.246 e. The molecule has 3 nitrogen and oxygen atoms in total. The zero-order chi connectivity index (χ0) is 15.6. The van der Waals surface area contributed by atoms with Crippen LogP contribution in [-0.4, -0.2) is 12.4 Å². The lowest BCUT2D eigenvalue weighted by molar-refractivity contribution is 0.582. The molecule has 2 aromatic rings. The quantitative estimate of drug-likeness (QED) is 0.790. The molecule has 1 atom stereocenters. The summed E-state index contributed by atoms with van der Waals surface area (Å²) in [7, 11) is -3.54. The first kappa shape index (κ1) is 15.6. The lowest BCUT2D eigenvalue weighted by Gasteiger charge is -2.13. The van der Waals surface area contributed by atoms with Crippen LogP contribution < -0.4 is 0 Å². The molecule has 1 aromatic heterocycles. The number of hydrogen-bond donors (Lipinski definition) is 0. The normalized spacial score (nSPS) is 13.1. The third-order valence-corrected chi connectivity index (χ3v) is 5.40. The van der Waals surface area contributed by atoms with E-state index in [2.05, 4.69) is 6.58 Å². The molecule has 0 aliphatic heterocycles. The molecule has 0 N–H and O–H groups in total. The number of aromatic nitrogens is 1. The number of benzene rings is 1. The van der Waals surface area contributed by atoms with Gasteiger partial charge in [0.25, 0.3) is 10.0 Å². The summed E-state index contributed by atoms with van der Waals surface area (Å²) < 4.78 is 27.0. The molecule has 1 aromatic carbocycles. The Hall–Kier alpha value is -1.81. The Morgan fingerprint density at radius 3 is 2.38 bits per heavy atom. The second-order valence-electron chi connectivity index (χ2n) is 5.48. The Bertz CT molecular complexity index is 740. The van der Waals surface area contributed by atoms with Gasteiger partial charge >= 0.3 is 0 Å². The highest BCUT2D eigenvalue weighted by Crippen LogP contribution is 2.22. The topological polar surface area (TPSA) is 39.1 Å². The van der Waals surface area contributed by atoms with Crippen LogP contribution in [0.1, 0.15) is 23.7 Å². The Kier molecular flexibility index (Phi) is 4.37. The first-order valence-corrected chi connectivity index (χ1v) is 8.42. The van der Waals surface area contributed by atoms with Gasteiger partial charge < -0.3 is 0 Å². The third-order valence-electron chi connectivity index (χ3n) is 3.68. The van der Waals surface area contributed by atoms with E-state index < -0.39 is 10.0 Å². The van der Waals surface area contributed by atoms with Gasteiger partial charge in [-0.15, -0.1) is 6.58 Å². The van der Waals surface area contributed by atoms with Gasteiger partial charge in [-0.3, -0.25) is 0 Å². The van der Waals surface area contributed by atoms with Gasteiger partial charge in [-0.1, -0.05) is 30.7 Å². The van der Waals surface area contributed by atoms with Crippen LogP contribution in [0.3, 0.4) is 0 Å². The van der Waals surface area contributed by atoms with Crippen LogP contribution >= 0.6 is 0 Å². The van der Waals surface area contributed by atoms with Crippen LogP contribution in [0.5, 0.6) is 0 Å². The Labute approximate surface area is 127 Å². The summed E-state index contributed by atoms with van der Waals surface area (Å²) in [5.41, 5.74) is 2.85. The summed E-state index contributed by atoms with van der Waals surface area (Å²) in [6.07, 6.45) is 4.14. The van der Waals surface area contributed by atoms with E-state index in [1.54, 1.807) is 18.3 Å². The maximum absolute atomic E-state index is 12.8. The van der Waals surface area contributed by atoms with Crippen molar-refractivity contribution in [3.63, 3.8) is 0 Å². The predicted octanol–water partition coefficient (Wildman–Crippen LogP) is 3.71. The van der Waals surface area contributed by atoms with E-state index in [1.165, 1.54) is 3.97 Å². The molecule has 0 saturated heterocycles. The van der Waals surface area contributed by atoms with E-state index in [0.717, 1.165) is 16.8 Å². The summed E-state index contributed by atoms with van der Waals surface area (Å²) in [6, 6.07) is 8.78. The minimum absolute atomic E-state index is 0.227. The first-order valence-electron chi connectivity index (χ1n) is 6.98. The van der Waals surface area contributed by atoms with Crippen molar-refractivity contribution in [2.45, 2.75) is 32.1 Å². The fourth-order valence-electron chi connectivity index (χ4n) is 2.23. The molecule has 1 heterocycles. The van der Waals surface area contributed by atoms with Gasteiger partial charge in [0, 0.05) is 11.9 Å². The molecular formula is C17H21NO2S.